The van der Waals surface area contributed by atoms with Crippen LogP contribution in [0.15, 0.2) is 35.4 Å². The second-order valence-corrected chi connectivity index (χ2v) is 7.61. The van der Waals surface area contributed by atoms with Crippen molar-refractivity contribution in [3.05, 3.63) is 41.7 Å². The van der Waals surface area contributed by atoms with Gasteiger partial charge in [-0.05, 0) is 38.1 Å². The van der Waals surface area contributed by atoms with Crippen LogP contribution in [0.5, 0.6) is 0 Å². The maximum atomic E-state index is 12.7. The maximum absolute atomic E-state index is 12.7. The van der Waals surface area contributed by atoms with E-state index in [9.17, 15) is 13.2 Å². The highest BCUT2D eigenvalue weighted by molar-refractivity contribution is 7.89. The van der Waals surface area contributed by atoms with Gasteiger partial charge in [-0.2, -0.15) is 9.40 Å². The number of aromatic nitrogens is 2. The van der Waals surface area contributed by atoms with Crippen molar-refractivity contribution in [2.75, 3.05) is 12.4 Å². The lowest BCUT2D eigenvalue weighted by molar-refractivity contribution is -0.114. The molecular formula is C16H22N4O3S. The molecule has 0 saturated carbocycles. The van der Waals surface area contributed by atoms with Gasteiger partial charge >= 0.3 is 0 Å². The van der Waals surface area contributed by atoms with Gasteiger partial charge < -0.3 is 5.32 Å². The van der Waals surface area contributed by atoms with Crippen molar-refractivity contribution in [1.29, 1.82) is 0 Å². The Morgan fingerprint density at radius 1 is 1.29 bits per heavy atom. The highest BCUT2D eigenvalue weighted by atomic mass is 32.2. The maximum Gasteiger partial charge on any atom is 0.243 e. The lowest BCUT2D eigenvalue weighted by atomic mass is 10.3. The van der Waals surface area contributed by atoms with Gasteiger partial charge in [-0.25, -0.2) is 8.42 Å². The van der Waals surface area contributed by atoms with Crippen molar-refractivity contribution in [3.63, 3.8) is 0 Å². The molecule has 1 N–H and O–H groups in total. The van der Waals surface area contributed by atoms with Crippen molar-refractivity contribution in [3.8, 4) is 0 Å². The van der Waals surface area contributed by atoms with E-state index in [4.69, 9.17) is 0 Å². The van der Waals surface area contributed by atoms with Gasteiger partial charge in [0.25, 0.3) is 0 Å². The zero-order chi connectivity index (χ0) is 17.9. The third-order valence-corrected chi connectivity index (χ3v) is 5.47. The SMILES string of the molecule is CCn1cc(CN(C)S(=O)(=O)c2ccc(NC(C)=O)cc2)c(C)n1. The van der Waals surface area contributed by atoms with E-state index in [1.54, 1.807) is 23.9 Å². The van der Waals surface area contributed by atoms with Crippen LogP contribution in [-0.2, 0) is 27.9 Å². The van der Waals surface area contributed by atoms with Crippen LogP contribution in [0.3, 0.4) is 0 Å². The van der Waals surface area contributed by atoms with Crippen LogP contribution in [0.1, 0.15) is 25.1 Å². The monoisotopic (exact) mass is 350 g/mol. The Bertz CT molecular complexity index is 826. The van der Waals surface area contributed by atoms with Crippen LogP contribution in [0.25, 0.3) is 0 Å². The van der Waals surface area contributed by atoms with E-state index in [1.165, 1.54) is 23.4 Å². The van der Waals surface area contributed by atoms with Crippen molar-refractivity contribution >= 4 is 21.6 Å². The summed E-state index contributed by atoms with van der Waals surface area (Å²) in [6.45, 7) is 6.23. The molecule has 0 fully saturated rings. The molecule has 1 amide bonds. The normalized spacial score (nSPS) is 11.7. The minimum Gasteiger partial charge on any atom is -0.326 e. The molecule has 0 bridgehead atoms. The highest BCUT2D eigenvalue weighted by Crippen LogP contribution is 2.20. The molecule has 0 saturated heterocycles. The molecule has 1 heterocycles. The largest absolute Gasteiger partial charge is 0.326 e. The first-order valence-corrected chi connectivity index (χ1v) is 9.05. The molecule has 0 spiro atoms. The fourth-order valence-electron chi connectivity index (χ4n) is 2.29. The summed E-state index contributed by atoms with van der Waals surface area (Å²) in [5.41, 5.74) is 2.25. The van der Waals surface area contributed by atoms with E-state index in [-0.39, 0.29) is 17.3 Å². The number of hydrogen-bond donors (Lipinski definition) is 1. The number of sulfonamides is 1. The Morgan fingerprint density at radius 2 is 1.92 bits per heavy atom. The second-order valence-electron chi connectivity index (χ2n) is 5.56. The third kappa shape index (κ3) is 4.01. The number of carbonyl (C=O) groups is 1. The number of hydrogen-bond acceptors (Lipinski definition) is 4. The molecule has 0 unspecified atom stereocenters. The van der Waals surface area contributed by atoms with Crippen LogP contribution in [0.2, 0.25) is 0 Å². The molecule has 7 nitrogen and oxygen atoms in total. The smallest absolute Gasteiger partial charge is 0.243 e. The number of anilines is 1. The van der Waals surface area contributed by atoms with E-state index < -0.39 is 10.0 Å². The van der Waals surface area contributed by atoms with Crippen molar-refractivity contribution < 1.29 is 13.2 Å². The Hall–Kier alpha value is -2.19. The molecule has 0 radical (unpaired) electrons. The molecule has 2 aromatic rings. The summed E-state index contributed by atoms with van der Waals surface area (Å²) >= 11 is 0. The molecule has 0 aliphatic carbocycles. The number of nitrogens with one attached hydrogen (secondary N) is 1. The summed E-state index contributed by atoms with van der Waals surface area (Å²) < 4.78 is 28.4. The van der Waals surface area contributed by atoms with E-state index >= 15 is 0 Å². The molecule has 8 heteroatoms. The van der Waals surface area contributed by atoms with E-state index in [2.05, 4.69) is 10.4 Å². The van der Waals surface area contributed by atoms with Gasteiger partial charge in [-0.15, -0.1) is 0 Å². The van der Waals surface area contributed by atoms with Gasteiger partial charge in [0.2, 0.25) is 15.9 Å². The number of nitrogens with zero attached hydrogens (tertiary/aromatic N) is 3. The van der Waals surface area contributed by atoms with Gasteiger partial charge in [0.1, 0.15) is 0 Å². The molecule has 24 heavy (non-hydrogen) atoms. The lowest BCUT2D eigenvalue weighted by Gasteiger charge is -2.17. The average Bonchev–Trinajstić information content (AvgIpc) is 2.87. The average molecular weight is 350 g/mol. The van der Waals surface area contributed by atoms with Gasteiger partial charge in [0.15, 0.2) is 0 Å². The first-order chi connectivity index (χ1) is 11.2. The molecule has 1 aromatic heterocycles. The van der Waals surface area contributed by atoms with Gasteiger partial charge in [0, 0.05) is 44.5 Å². The van der Waals surface area contributed by atoms with Crippen LogP contribution >= 0.6 is 0 Å². The van der Waals surface area contributed by atoms with E-state index in [0.717, 1.165) is 17.8 Å². The summed E-state index contributed by atoms with van der Waals surface area (Å²) in [5, 5.41) is 6.94. The standard InChI is InChI=1S/C16H22N4O3S/c1-5-20-11-14(12(2)18-20)10-19(4)24(22,23)16-8-6-15(7-9-16)17-13(3)21/h6-9,11H,5,10H2,1-4H3,(H,17,21). The number of carbonyl (C=O) groups excluding carboxylic acids is 1. The van der Waals surface area contributed by atoms with Gasteiger partial charge in [-0.1, -0.05) is 0 Å². The molecule has 0 aliphatic heterocycles. The zero-order valence-corrected chi connectivity index (χ0v) is 15.1. The minimum atomic E-state index is -3.61. The van der Waals surface area contributed by atoms with Crippen LogP contribution in [0.4, 0.5) is 5.69 Å². The van der Waals surface area contributed by atoms with E-state index in [1.807, 2.05) is 20.0 Å². The predicted molar refractivity (Wildman–Crippen MR) is 92.0 cm³/mol. The summed E-state index contributed by atoms with van der Waals surface area (Å²) in [6, 6.07) is 6.11. The number of amides is 1. The minimum absolute atomic E-state index is 0.180. The quantitative estimate of drug-likeness (QED) is 0.863. The van der Waals surface area contributed by atoms with Gasteiger partial charge in [-0.3, -0.25) is 9.48 Å². The fourth-order valence-corrected chi connectivity index (χ4v) is 3.44. The third-order valence-electron chi connectivity index (χ3n) is 3.65. The second kappa shape index (κ2) is 7.14. The molecule has 130 valence electrons. The first-order valence-electron chi connectivity index (χ1n) is 7.61. The number of rotatable bonds is 6. The molecule has 0 aliphatic rings. The van der Waals surface area contributed by atoms with Crippen molar-refractivity contribution in [1.82, 2.24) is 14.1 Å². The molecule has 2 rings (SSSR count). The predicted octanol–water partition coefficient (Wildman–Crippen LogP) is 1.99. The summed E-state index contributed by atoms with van der Waals surface area (Å²) in [7, 11) is -2.07. The van der Waals surface area contributed by atoms with E-state index in [0.29, 0.717) is 5.69 Å². The Kier molecular flexibility index (Phi) is 5.40. The van der Waals surface area contributed by atoms with Crippen molar-refractivity contribution in [2.24, 2.45) is 0 Å². The van der Waals surface area contributed by atoms with Gasteiger partial charge in [0.05, 0.1) is 10.6 Å². The number of aryl methyl sites for hydroxylation is 2. The summed E-state index contributed by atoms with van der Waals surface area (Å²) in [4.78, 5) is 11.2. The lowest BCUT2D eigenvalue weighted by Crippen LogP contribution is -2.26. The Balaban J connectivity index is 2.19. The molecule has 1 aromatic carbocycles. The first kappa shape index (κ1) is 18.2. The fraction of sp³-hybridized carbons (Fsp3) is 0.375. The van der Waals surface area contributed by atoms with Crippen LogP contribution in [-0.4, -0.2) is 35.5 Å². The highest BCUT2D eigenvalue weighted by Gasteiger charge is 2.22. The van der Waals surface area contributed by atoms with Crippen LogP contribution < -0.4 is 5.32 Å². The Labute approximate surface area is 142 Å². The van der Waals surface area contributed by atoms with Crippen LogP contribution in [0, 0.1) is 6.92 Å². The molecule has 0 atom stereocenters. The Morgan fingerprint density at radius 3 is 2.42 bits per heavy atom. The topological polar surface area (TPSA) is 84.3 Å². The number of benzene rings is 1. The van der Waals surface area contributed by atoms with Crippen molar-refractivity contribution in [2.45, 2.75) is 38.8 Å². The zero-order valence-electron chi connectivity index (χ0n) is 14.3. The summed E-state index contributed by atoms with van der Waals surface area (Å²) in [5.74, 6) is -0.203. The molecular weight excluding hydrogens is 328 g/mol. The summed E-state index contributed by atoms with van der Waals surface area (Å²) in [6.07, 6.45) is 1.86.